The molecule has 0 saturated carbocycles. The summed E-state index contributed by atoms with van der Waals surface area (Å²) in [5.41, 5.74) is 1.11. The first-order valence-corrected chi connectivity index (χ1v) is 6.63. The van der Waals surface area contributed by atoms with E-state index < -0.39 is 0 Å². The van der Waals surface area contributed by atoms with Crippen LogP contribution in [-0.4, -0.2) is 11.1 Å². The Morgan fingerprint density at radius 2 is 2.10 bits per heavy atom. The zero-order valence-corrected chi connectivity index (χ0v) is 11.6. The third-order valence-corrected chi connectivity index (χ3v) is 3.07. The first kappa shape index (κ1) is 13.5. The lowest BCUT2D eigenvalue weighted by atomic mass is 10.2. The number of carbonyl (C=O) groups is 1. The minimum Gasteiger partial charge on any atom is -0.461 e. The van der Waals surface area contributed by atoms with Crippen LogP contribution in [0.5, 0.6) is 0 Å². The normalized spacial score (nSPS) is 10.5. The van der Waals surface area contributed by atoms with Gasteiger partial charge in [-0.3, -0.25) is 4.79 Å². The van der Waals surface area contributed by atoms with Crippen molar-refractivity contribution in [1.29, 1.82) is 0 Å². The van der Waals surface area contributed by atoms with Crippen LogP contribution in [0.25, 0.3) is 11.5 Å². The lowest BCUT2D eigenvalue weighted by Crippen LogP contribution is -2.22. The first-order chi connectivity index (χ1) is 10.2. The molecule has 0 unspecified atom stereocenters. The van der Waals surface area contributed by atoms with Gasteiger partial charge in [-0.2, -0.15) is 0 Å². The second-order valence-electron chi connectivity index (χ2n) is 4.35. The van der Waals surface area contributed by atoms with Crippen LogP contribution in [-0.2, 0) is 6.54 Å². The average molecular weight is 303 g/mol. The Labute approximate surface area is 125 Å². The summed E-state index contributed by atoms with van der Waals surface area (Å²) in [4.78, 5) is 12.0. The maximum absolute atomic E-state index is 12.0. The van der Waals surface area contributed by atoms with Crippen molar-refractivity contribution in [3.63, 3.8) is 0 Å². The zero-order chi connectivity index (χ0) is 14.7. The van der Waals surface area contributed by atoms with Crippen LogP contribution in [0.1, 0.15) is 16.1 Å². The van der Waals surface area contributed by atoms with Crippen LogP contribution in [0.15, 0.2) is 57.7 Å². The summed E-state index contributed by atoms with van der Waals surface area (Å²) in [6.45, 7) is 0.259. The standard InChI is InChI=1S/C15H11ClN2O3/c16-11-4-1-3-10(7-11)15(19)17-9-12-8-14(21-18-12)13-5-2-6-20-13/h1-8H,9H2,(H,17,19). The van der Waals surface area contributed by atoms with Crippen molar-refractivity contribution in [2.24, 2.45) is 0 Å². The van der Waals surface area contributed by atoms with Crippen molar-refractivity contribution in [2.45, 2.75) is 6.54 Å². The lowest BCUT2D eigenvalue weighted by Gasteiger charge is -2.02. The van der Waals surface area contributed by atoms with Gasteiger partial charge < -0.3 is 14.3 Å². The predicted octanol–water partition coefficient (Wildman–Crippen LogP) is 3.52. The van der Waals surface area contributed by atoms with Crippen LogP contribution >= 0.6 is 11.6 Å². The topological polar surface area (TPSA) is 68.3 Å². The van der Waals surface area contributed by atoms with Crippen molar-refractivity contribution < 1.29 is 13.7 Å². The van der Waals surface area contributed by atoms with Gasteiger partial charge in [-0.1, -0.05) is 22.8 Å². The first-order valence-electron chi connectivity index (χ1n) is 6.25. The summed E-state index contributed by atoms with van der Waals surface area (Å²) >= 11 is 5.85. The molecule has 0 aliphatic carbocycles. The minimum absolute atomic E-state index is 0.222. The molecule has 3 aromatic rings. The van der Waals surface area contributed by atoms with Crippen molar-refractivity contribution in [2.75, 3.05) is 0 Å². The second-order valence-corrected chi connectivity index (χ2v) is 4.79. The number of carbonyl (C=O) groups excluding carboxylic acids is 1. The van der Waals surface area contributed by atoms with E-state index in [4.69, 9.17) is 20.5 Å². The van der Waals surface area contributed by atoms with E-state index >= 15 is 0 Å². The molecule has 1 N–H and O–H groups in total. The van der Waals surface area contributed by atoms with Gasteiger partial charge in [0.15, 0.2) is 5.76 Å². The molecule has 0 fully saturated rings. The molecule has 106 valence electrons. The Kier molecular flexibility index (Phi) is 3.75. The highest BCUT2D eigenvalue weighted by atomic mass is 35.5. The number of amides is 1. The van der Waals surface area contributed by atoms with Gasteiger partial charge in [-0.25, -0.2) is 0 Å². The molecule has 0 atom stereocenters. The number of hydrogen-bond acceptors (Lipinski definition) is 4. The van der Waals surface area contributed by atoms with Crippen LogP contribution in [0.4, 0.5) is 0 Å². The number of nitrogens with zero attached hydrogens (tertiary/aromatic N) is 1. The largest absolute Gasteiger partial charge is 0.461 e. The summed E-state index contributed by atoms with van der Waals surface area (Å²) in [6, 6.07) is 12.0. The van der Waals surface area contributed by atoms with Crippen molar-refractivity contribution >= 4 is 17.5 Å². The van der Waals surface area contributed by atoms with E-state index in [2.05, 4.69) is 10.5 Å². The van der Waals surface area contributed by atoms with Gasteiger partial charge in [0.2, 0.25) is 5.76 Å². The Morgan fingerprint density at radius 3 is 2.86 bits per heavy atom. The van der Waals surface area contributed by atoms with Gasteiger partial charge in [-0.05, 0) is 30.3 Å². The Bertz CT molecular complexity index is 750. The maximum Gasteiger partial charge on any atom is 0.251 e. The highest BCUT2D eigenvalue weighted by Gasteiger charge is 2.11. The van der Waals surface area contributed by atoms with Gasteiger partial charge in [0, 0.05) is 16.7 Å². The van der Waals surface area contributed by atoms with Gasteiger partial charge in [0.1, 0.15) is 5.69 Å². The fourth-order valence-electron chi connectivity index (χ4n) is 1.83. The van der Waals surface area contributed by atoms with E-state index in [0.717, 1.165) is 0 Å². The molecule has 0 radical (unpaired) electrons. The van der Waals surface area contributed by atoms with E-state index in [1.807, 2.05) is 0 Å². The van der Waals surface area contributed by atoms with E-state index in [-0.39, 0.29) is 12.5 Å². The van der Waals surface area contributed by atoms with Crippen molar-refractivity contribution in [3.8, 4) is 11.5 Å². The number of halogens is 1. The monoisotopic (exact) mass is 302 g/mol. The molecular weight excluding hydrogens is 292 g/mol. The second kappa shape index (κ2) is 5.85. The van der Waals surface area contributed by atoms with E-state index in [9.17, 15) is 4.79 Å². The third-order valence-electron chi connectivity index (χ3n) is 2.84. The number of rotatable bonds is 4. The van der Waals surface area contributed by atoms with Crippen LogP contribution in [0, 0.1) is 0 Å². The smallest absolute Gasteiger partial charge is 0.251 e. The summed E-state index contributed by atoms with van der Waals surface area (Å²) in [6.07, 6.45) is 1.55. The van der Waals surface area contributed by atoms with Crippen LogP contribution < -0.4 is 5.32 Å². The molecule has 0 aliphatic rings. The minimum atomic E-state index is -0.222. The number of benzene rings is 1. The van der Waals surface area contributed by atoms with Gasteiger partial charge in [-0.15, -0.1) is 0 Å². The molecule has 21 heavy (non-hydrogen) atoms. The molecule has 1 amide bonds. The highest BCUT2D eigenvalue weighted by Crippen LogP contribution is 2.20. The van der Waals surface area contributed by atoms with Gasteiger partial charge in [0.05, 0.1) is 12.8 Å². The average Bonchev–Trinajstić information content (AvgIpc) is 3.15. The molecule has 3 rings (SSSR count). The fraction of sp³-hybridized carbons (Fsp3) is 0.0667. The molecule has 1 aromatic carbocycles. The van der Waals surface area contributed by atoms with E-state index in [1.54, 1.807) is 48.7 Å². The molecule has 6 heteroatoms. The number of furan rings is 1. The lowest BCUT2D eigenvalue weighted by molar-refractivity contribution is 0.0950. The maximum atomic E-state index is 12.0. The van der Waals surface area contributed by atoms with Crippen LogP contribution in [0.3, 0.4) is 0 Å². The number of nitrogens with one attached hydrogen (secondary N) is 1. The highest BCUT2D eigenvalue weighted by molar-refractivity contribution is 6.30. The molecule has 5 nitrogen and oxygen atoms in total. The quantitative estimate of drug-likeness (QED) is 0.800. The summed E-state index contributed by atoms with van der Waals surface area (Å²) < 4.78 is 10.4. The number of aromatic nitrogens is 1. The van der Waals surface area contributed by atoms with Crippen molar-refractivity contribution in [3.05, 3.63) is 65.0 Å². The third kappa shape index (κ3) is 3.14. The van der Waals surface area contributed by atoms with Crippen molar-refractivity contribution in [1.82, 2.24) is 10.5 Å². The molecule has 0 saturated heterocycles. The fourth-order valence-corrected chi connectivity index (χ4v) is 2.02. The van der Waals surface area contributed by atoms with E-state index in [1.165, 1.54) is 0 Å². The molecule has 0 bridgehead atoms. The summed E-state index contributed by atoms with van der Waals surface area (Å²) in [7, 11) is 0. The van der Waals surface area contributed by atoms with Gasteiger partial charge >= 0.3 is 0 Å². The SMILES string of the molecule is O=C(NCc1cc(-c2ccco2)on1)c1cccc(Cl)c1. The van der Waals surface area contributed by atoms with Crippen LogP contribution in [0.2, 0.25) is 5.02 Å². The molecule has 2 aromatic heterocycles. The molecule has 0 aliphatic heterocycles. The number of hydrogen-bond donors (Lipinski definition) is 1. The van der Waals surface area contributed by atoms with Gasteiger partial charge in [0.25, 0.3) is 5.91 Å². The Balaban J connectivity index is 1.64. The summed E-state index contributed by atoms with van der Waals surface area (Å²) in [5.74, 6) is 0.891. The predicted molar refractivity (Wildman–Crippen MR) is 76.8 cm³/mol. The van der Waals surface area contributed by atoms with E-state index in [0.29, 0.717) is 27.8 Å². The molecular formula is C15H11ClN2O3. The molecule has 0 spiro atoms. The molecule has 2 heterocycles. The zero-order valence-electron chi connectivity index (χ0n) is 10.9. The summed E-state index contributed by atoms with van der Waals surface area (Å²) in [5, 5.41) is 7.15. The Morgan fingerprint density at radius 1 is 1.19 bits per heavy atom. The Hall–Kier alpha value is -2.53.